The molecule has 4 aromatic rings. The van der Waals surface area contributed by atoms with Gasteiger partial charge in [-0.3, -0.25) is 4.79 Å². The molecule has 0 aliphatic rings. The second-order valence-electron chi connectivity index (χ2n) is 8.22. The molecule has 0 unspecified atom stereocenters. The number of halogens is 3. The lowest BCUT2D eigenvalue weighted by Crippen LogP contribution is -2.47. The highest BCUT2D eigenvalue weighted by Crippen LogP contribution is 2.29. The molecule has 3 aromatic carbocycles. The average molecular weight is 473 g/mol. The van der Waals surface area contributed by atoms with Gasteiger partial charge in [0.25, 0.3) is 0 Å². The normalized spacial score (nSPS) is 12.4. The molecule has 4 N–H and O–H groups in total. The predicted molar refractivity (Wildman–Crippen MR) is 122 cm³/mol. The summed E-state index contributed by atoms with van der Waals surface area (Å²) in [5.41, 5.74) is 7.44. The number of ether oxygens (including phenoxy) is 1. The minimum Gasteiger partial charge on any atom is -0.456 e. The molecule has 9 heteroatoms. The van der Waals surface area contributed by atoms with E-state index in [4.69, 9.17) is 10.2 Å². The van der Waals surface area contributed by atoms with Crippen LogP contribution in [0.4, 0.5) is 13.2 Å². The molecular formula is C25H22F3NO5. The molecule has 0 atom stereocenters. The maximum absolute atomic E-state index is 13.1. The zero-order valence-corrected chi connectivity index (χ0v) is 17.9. The summed E-state index contributed by atoms with van der Waals surface area (Å²) in [5.74, 6) is -0.324. The number of nitrogens with two attached hydrogens (primary N) is 1. The van der Waals surface area contributed by atoms with Gasteiger partial charge >= 0.3 is 6.36 Å². The molecular weight excluding hydrogens is 451 g/mol. The number of benzene rings is 3. The molecule has 0 fully saturated rings. The van der Waals surface area contributed by atoms with Crippen LogP contribution in [0.1, 0.15) is 12.0 Å². The topological polar surface area (TPSA) is 106 Å². The van der Waals surface area contributed by atoms with Crippen LogP contribution in [0.15, 0.2) is 69.9 Å². The summed E-state index contributed by atoms with van der Waals surface area (Å²) in [5, 5.41) is 19.5. The van der Waals surface area contributed by atoms with Crippen LogP contribution >= 0.6 is 0 Å². The van der Waals surface area contributed by atoms with Gasteiger partial charge in [0.05, 0.1) is 29.5 Å². The minimum atomic E-state index is -4.76. The average Bonchev–Trinajstić information content (AvgIpc) is 2.82. The van der Waals surface area contributed by atoms with E-state index in [1.807, 2.05) is 0 Å². The molecule has 0 saturated heterocycles. The van der Waals surface area contributed by atoms with E-state index in [0.717, 1.165) is 5.56 Å². The van der Waals surface area contributed by atoms with Crippen LogP contribution in [-0.2, 0) is 6.42 Å². The first kappa shape index (κ1) is 23.7. The number of alkyl halides is 3. The summed E-state index contributed by atoms with van der Waals surface area (Å²) < 4.78 is 46.9. The first-order chi connectivity index (χ1) is 16.1. The number of hydrogen-bond donors (Lipinski definition) is 3. The van der Waals surface area contributed by atoms with Crippen molar-refractivity contribution in [2.45, 2.75) is 24.7 Å². The van der Waals surface area contributed by atoms with Crippen molar-refractivity contribution >= 4 is 21.9 Å². The summed E-state index contributed by atoms with van der Waals surface area (Å²) in [6.45, 7) is -0.714. The van der Waals surface area contributed by atoms with Gasteiger partial charge in [0.1, 0.15) is 16.9 Å². The Kier molecular flexibility index (Phi) is 6.35. The highest BCUT2D eigenvalue weighted by Gasteiger charge is 2.31. The summed E-state index contributed by atoms with van der Waals surface area (Å²) in [6, 6.07) is 15.6. The molecule has 0 radical (unpaired) electrons. The van der Waals surface area contributed by atoms with Gasteiger partial charge in [0, 0.05) is 0 Å². The maximum atomic E-state index is 13.1. The van der Waals surface area contributed by atoms with Crippen LogP contribution < -0.4 is 15.9 Å². The van der Waals surface area contributed by atoms with Gasteiger partial charge in [-0.25, -0.2) is 0 Å². The fraction of sp³-hybridized carbons (Fsp3) is 0.240. The van der Waals surface area contributed by atoms with E-state index in [-0.39, 0.29) is 24.4 Å². The van der Waals surface area contributed by atoms with Gasteiger partial charge in [-0.2, -0.15) is 0 Å². The summed E-state index contributed by atoms with van der Waals surface area (Å²) in [6.07, 6.45) is -3.97. The Morgan fingerprint density at radius 2 is 1.53 bits per heavy atom. The Morgan fingerprint density at radius 1 is 0.853 bits per heavy atom. The molecule has 178 valence electrons. The molecule has 0 amide bonds. The zero-order chi connectivity index (χ0) is 24.5. The van der Waals surface area contributed by atoms with Gasteiger partial charge in [-0.05, 0) is 65.9 Å². The molecule has 34 heavy (non-hydrogen) atoms. The molecule has 0 spiro atoms. The number of hydrogen-bond acceptors (Lipinski definition) is 6. The number of fused-ring (bicyclic) bond motifs is 2. The van der Waals surface area contributed by atoms with Crippen LogP contribution in [0, 0.1) is 0 Å². The van der Waals surface area contributed by atoms with E-state index in [0.29, 0.717) is 45.9 Å². The van der Waals surface area contributed by atoms with E-state index in [2.05, 4.69) is 4.74 Å². The lowest BCUT2D eigenvalue weighted by molar-refractivity contribution is -0.274. The van der Waals surface area contributed by atoms with E-state index >= 15 is 0 Å². The molecule has 0 aliphatic heterocycles. The Hall–Kier alpha value is -3.40. The Bertz CT molecular complexity index is 1380. The van der Waals surface area contributed by atoms with Crippen molar-refractivity contribution in [2.75, 3.05) is 13.2 Å². The highest BCUT2D eigenvalue weighted by molar-refractivity contribution is 5.92. The van der Waals surface area contributed by atoms with Crippen LogP contribution in [0.2, 0.25) is 0 Å². The molecule has 0 aliphatic carbocycles. The minimum absolute atomic E-state index is 0.220. The second-order valence-corrected chi connectivity index (χ2v) is 8.22. The van der Waals surface area contributed by atoms with Crippen molar-refractivity contribution in [3.63, 3.8) is 0 Å². The van der Waals surface area contributed by atoms with Gasteiger partial charge in [-0.1, -0.05) is 24.3 Å². The van der Waals surface area contributed by atoms with Crippen molar-refractivity contribution in [1.29, 1.82) is 0 Å². The lowest BCUT2D eigenvalue weighted by Gasteiger charge is -2.24. The van der Waals surface area contributed by atoms with Gasteiger partial charge in [-0.15, -0.1) is 13.2 Å². The summed E-state index contributed by atoms with van der Waals surface area (Å²) in [4.78, 5) is 13.1. The van der Waals surface area contributed by atoms with E-state index in [1.165, 1.54) is 24.3 Å². The molecule has 1 heterocycles. The largest absolute Gasteiger partial charge is 0.573 e. The third kappa shape index (κ3) is 5.06. The standard InChI is InChI=1S/C25H22F3NO5/c26-25(27,28)34-18-5-2-16(3-6-18)17-4-7-19-22(12-17)33-21-8-1-15(11-20(21)23(19)32)9-10-24(29,13-30)14-31/h1-8,11-12,30-31H,9-10,13-14,29H2. The highest BCUT2D eigenvalue weighted by atomic mass is 19.4. The molecule has 6 nitrogen and oxygen atoms in total. The predicted octanol–water partition coefficient (Wildman–Crippen LogP) is 4.13. The quantitative estimate of drug-likeness (QED) is 0.349. The smallest absolute Gasteiger partial charge is 0.456 e. The first-order valence-corrected chi connectivity index (χ1v) is 10.5. The Morgan fingerprint density at radius 3 is 2.18 bits per heavy atom. The van der Waals surface area contributed by atoms with E-state index in [9.17, 15) is 28.2 Å². The summed E-state index contributed by atoms with van der Waals surface area (Å²) >= 11 is 0. The van der Waals surface area contributed by atoms with E-state index in [1.54, 1.807) is 36.4 Å². The van der Waals surface area contributed by atoms with Crippen LogP contribution in [0.5, 0.6) is 5.75 Å². The molecule has 4 rings (SSSR count). The van der Waals surface area contributed by atoms with Crippen LogP contribution in [-0.4, -0.2) is 35.3 Å². The monoisotopic (exact) mass is 473 g/mol. The SMILES string of the molecule is NC(CO)(CO)CCc1ccc2oc3cc(-c4ccc(OC(F)(F)F)cc4)ccc3c(=O)c2c1. The molecule has 1 aromatic heterocycles. The van der Waals surface area contributed by atoms with Crippen molar-refractivity contribution in [3.05, 3.63) is 76.5 Å². The van der Waals surface area contributed by atoms with E-state index < -0.39 is 11.9 Å². The second kappa shape index (κ2) is 9.09. The Labute approximate surface area is 192 Å². The number of aryl methyl sites for hydroxylation is 1. The van der Waals surface area contributed by atoms with Gasteiger partial charge in [0.15, 0.2) is 0 Å². The number of aliphatic hydroxyl groups is 2. The number of rotatable bonds is 7. The van der Waals surface area contributed by atoms with Crippen molar-refractivity contribution in [2.24, 2.45) is 5.73 Å². The molecule has 0 saturated carbocycles. The van der Waals surface area contributed by atoms with Gasteiger partial charge in [0.2, 0.25) is 5.43 Å². The van der Waals surface area contributed by atoms with Crippen molar-refractivity contribution in [1.82, 2.24) is 0 Å². The fourth-order valence-electron chi connectivity index (χ4n) is 3.69. The van der Waals surface area contributed by atoms with Crippen molar-refractivity contribution in [3.8, 4) is 16.9 Å². The first-order valence-electron chi connectivity index (χ1n) is 10.5. The maximum Gasteiger partial charge on any atom is 0.573 e. The fourth-order valence-corrected chi connectivity index (χ4v) is 3.69. The third-order valence-electron chi connectivity index (χ3n) is 5.70. The van der Waals surface area contributed by atoms with Gasteiger partial charge < -0.3 is 25.1 Å². The number of aliphatic hydroxyl groups excluding tert-OH is 2. The van der Waals surface area contributed by atoms with Crippen LogP contribution in [0.25, 0.3) is 33.1 Å². The van der Waals surface area contributed by atoms with Crippen LogP contribution in [0.3, 0.4) is 0 Å². The lowest BCUT2D eigenvalue weighted by atomic mass is 9.93. The third-order valence-corrected chi connectivity index (χ3v) is 5.70. The van der Waals surface area contributed by atoms with Crippen molar-refractivity contribution < 1.29 is 32.5 Å². The zero-order valence-electron chi connectivity index (χ0n) is 17.9. The molecule has 0 bridgehead atoms. The summed E-state index contributed by atoms with van der Waals surface area (Å²) in [7, 11) is 0. The Balaban J connectivity index is 1.65.